The number of aromatic nitrogens is 3. The van der Waals surface area contributed by atoms with Crippen LogP contribution in [-0.4, -0.2) is 41.5 Å². The van der Waals surface area contributed by atoms with Gasteiger partial charge < -0.3 is 9.64 Å². The van der Waals surface area contributed by atoms with Gasteiger partial charge in [0.2, 0.25) is 0 Å². The van der Waals surface area contributed by atoms with Crippen LogP contribution in [-0.2, 0) is 4.74 Å². The second kappa shape index (κ2) is 4.66. The van der Waals surface area contributed by atoms with Crippen molar-refractivity contribution >= 4 is 28.2 Å². The Morgan fingerprint density at radius 1 is 1.28 bits per heavy atom. The zero-order chi connectivity index (χ0) is 12.5. The smallest absolute Gasteiger partial charge is 0.161 e. The van der Waals surface area contributed by atoms with Gasteiger partial charge in [0.25, 0.3) is 0 Å². The van der Waals surface area contributed by atoms with Crippen LogP contribution in [0.5, 0.6) is 0 Å². The molecule has 6 heteroatoms. The zero-order valence-corrected chi connectivity index (χ0v) is 10.8. The van der Waals surface area contributed by atoms with E-state index in [-0.39, 0.29) is 0 Å². The monoisotopic (exact) mass is 264 g/mol. The maximum Gasteiger partial charge on any atom is 0.161 e. The number of fused-ring (bicyclic) bond motifs is 1. The minimum Gasteiger partial charge on any atom is -0.378 e. The Morgan fingerprint density at radius 2 is 2.06 bits per heavy atom. The number of halogens is 1. The average Bonchev–Trinajstić information content (AvgIpc) is 2.44. The van der Waals surface area contributed by atoms with Crippen LogP contribution in [0.3, 0.4) is 0 Å². The predicted molar refractivity (Wildman–Crippen MR) is 70.1 cm³/mol. The summed E-state index contributed by atoms with van der Waals surface area (Å²) in [6, 6.07) is 2.03. The molecule has 94 valence electrons. The van der Waals surface area contributed by atoms with E-state index in [1.165, 1.54) is 0 Å². The molecule has 5 nitrogen and oxygen atoms in total. The summed E-state index contributed by atoms with van der Waals surface area (Å²) in [5, 5.41) is 9.15. The van der Waals surface area contributed by atoms with Gasteiger partial charge in [-0.05, 0) is 13.0 Å². The molecule has 0 N–H and O–H groups in total. The van der Waals surface area contributed by atoms with Crippen LogP contribution >= 0.6 is 11.6 Å². The Kier molecular flexibility index (Phi) is 3.01. The molecule has 1 saturated heterocycles. The molecular weight excluding hydrogens is 252 g/mol. The second-order valence-corrected chi connectivity index (χ2v) is 4.62. The first-order valence-corrected chi connectivity index (χ1v) is 6.25. The molecule has 0 aromatic carbocycles. The third kappa shape index (κ3) is 2.00. The van der Waals surface area contributed by atoms with E-state index >= 15 is 0 Å². The first-order valence-electron chi connectivity index (χ1n) is 5.87. The van der Waals surface area contributed by atoms with Gasteiger partial charge in [-0.3, -0.25) is 4.98 Å². The van der Waals surface area contributed by atoms with Crippen molar-refractivity contribution in [2.75, 3.05) is 31.2 Å². The highest BCUT2D eigenvalue weighted by Gasteiger charge is 2.14. The first kappa shape index (κ1) is 11.6. The highest BCUT2D eigenvalue weighted by molar-refractivity contribution is 6.34. The lowest BCUT2D eigenvalue weighted by molar-refractivity contribution is 0.122. The van der Waals surface area contributed by atoms with Crippen LogP contribution in [0.4, 0.5) is 5.69 Å². The average molecular weight is 265 g/mol. The van der Waals surface area contributed by atoms with Gasteiger partial charge >= 0.3 is 0 Å². The molecule has 3 rings (SSSR count). The molecule has 1 aliphatic rings. The Balaban J connectivity index is 2.07. The van der Waals surface area contributed by atoms with Crippen molar-refractivity contribution in [2.45, 2.75) is 6.92 Å². The summed E-state index contributed by atoms with van der Waals surface area (Å²) in [4.78, 5) is 6.69. The quantitative estimate of drug-likeness (QED) is 0.786. The fourth-order valence-corrected chi connectivity index (χ4v) is 2.30. The van der Waals surface area contributed by atoms with Crippen molar-refractivity contribution in [2.24, 2.45) is 0 Å². The molecular formula is C12H13ClN4O. The lowest BCUT2D eigenvalue weighted by atomic mass is 10.2. The lowest BCUT2D eigenvalue weighted by Gasteiger charge is -2.28. The van der Waals surface area contributed by atoms with Crippen molar-refractivity contribution in [3.8, 4) is 0 Å². The molecule has 2 aromatic heterocycles. The van der Waals surface area contributed by atoms with E-state index in [9.17, 15) is 0 Å². The van der Waals surface area contributed by atoms with Crippen LogP contribution in [0.15, 0.2) is 12.3 Å². The molecule has 2 aromatic rings. The fourth-order valence-electron chi connectivity index (χ4n) is 2.11. The summed E-state index contributed by atoms with van der Waals surface area (Å²) >= 11 is 6.08. The van der Waals surface area contributed by atoms with Crippen LogP contribution in [0.25, 0.3) is 10.9 Å². The predicted octanol–water partition coefficient (Wildman–Crippen LogP) is 1.82. The molecule has 0 spiro atoms. The molecule has 1 aliphatic heterocycles. The maximum absolute atomic E-state index is 6.08. The largest absolute Gasteiger partial charge is 0.378 e. The minimum absolute atomic E-state index is 0.401. The van der Waals surface area contributed by atoms with Crippen LogP contribution < -0.4 is 4.90 Å². The third-order valence-corrected chi connectivity index (χ3v) is 3.38. The Hall–Kier alpha value is -1.46. The van der Waals surface area contributed by atoms with Crippen LogP contribution in [0.1, 0.15) is 5.69 Å². The molecule has 0 amide bonds. The summed E-state index contributed by atoms with van der Waals surface area (Å²) in [7, 11) is 0. The van der Waals surface area contributed by atoms with Crippen LogP contribution in [0, 0.1) is 6.92 Å². The molecule has 0 unspecified atom stereocenters. The van der Waals surface area contributed by atoms with E-state index in [0.29, 0.717) is 5.15 Å². The van der Waals surface area contributed by atoms with Crippen molar-refractivity contribution in [1.29, 1.82) is 0 Å². The summed E-state index contributed by atoms with van der Waals surface area (Å²) in [5.41, 5.74) is 2.66. The zero-order valence-electron chi connectivity index (χ0n) is 10.1. The fraction of sp³-hybridized carbons (Fsp3) is 0.417. The number of anilines is 1. The van der Waals surface area contributed by atoms with E-state index in [4.69, 9.17) is 16.3 Å². The SMILES string of the molecule is Cc1nnc(Cl)c2cc(N3CCOCC3)cnc12. The van der Waals surface area contributed by atoms with Gasteiger partial charge in [0, 0.05) is 18.5 Å². The van der Waals surface area contributed by atoms with Crippen LogP contribution in [0.2, 0.25) is 5.15 Å². The number of pyridine rings is 1. The van der Waals surface area contributed by atoms with Gasteiger partial charge in [-0.25, -0.2) is 0 Å². The summed E-state index contributed by atoms with van der Waals surface area (Å²) < 4.78 is 5.34. The maximum atomic E-state index is 6.08. The first-order chi connectivity index (χ1) is 8.75. The van der Waals surface area contributed by atoms with Gasteiger partial charge in [-0.1, -0.05) is 11.6 Å². The van der Waals surface area contributed by atoms with E-state index in [2.05, 4.69) is 20.1 Å². The molecule has 0 aliphatic carbocycles. The van der Waals surface area contributed by atoms with Gasteiger partial charge in [0.05, 0.1) is 36.3 Å². The topological polar surface area (TPSA) is 51.1 Å². The lowest BCUT2D eigenvalue weighted by Crippen LogP contribution is -2.36. The number of morpholine rings is 1. The Labute approximate surface area is 110 Å². The minimum atomic E-state index is 0.401. The standard InChI is InChI=1S/C12H13ClN4O/c1-8-11-10(12(13)16-15-8)6-9(7-14-11)17-2-4-18-5-3-17/h6-7H,2-5H2,1H3. The van der Waals surface area contributed by atoms with Gasteiger partial charge in [0.1, 0.15) is 0 Å². The number of rotatable bonds is 1. The van der Waals surface area contributed by atoms with Crippen molar-refractivity contribution < 1.29 is 4.74 Å². The number of hydrogen-bond acceptors (Lipinski definition) is 5. The molecule has 0 atom stereocenters. The van der Waals surface area contributed by atoms with Gasteiger partial charge in [0.15, 0.2) is 5.15 Å². The number of ether oxygens (including phenoxy) is 1. The second-order valence-electron chi connectivity index (χ2n) is 4.27. The summed E-state index contributed by atoms with van der Waals surface area (Å²) in [5.74, 6) is 0. The van der Waals surface area contributed by atoms with E-state index in [1.807, 2.05) is 19.2 Å². The molecule has 1 fully saturated rings. The number of hydrogen-bond donors (Lipinski definition) is 0. The highest BCUT2D eigenvalue weighted by Crippen LogP contribution is 2.25. The summed E-state index contributed by atoms with van der Waals surface area (Å²) in [6.07, 6.45) is 1.86. The van der Waals surface area contributed by atoms with E-state index in [1.54, 1.807) is 0 Å². The normalized spacial score (nSPS) is 16.2. The van der Waals surface area contributed by atoms with Crippen molar-refractivity contribution in [3.05, 3.63) is 23.1 Å². The van der Waals surface area contributed by atoms with E-state index in [0.717, 1.165) is 48.6 Å². The molecule has 0 radical (unpaired) electrons. The highest BCUT2D eigenvalue weighted by atomic mass is 35.5. The molecule has 0 bridgehead atoms. The van der Waals surface area contributed by atoms with Gasteiger partial charge in [-0.15, -0.1) is 5.10 Å². The molecule has 18 heavy (non-hydrogen) atoms. The van der Waals surface area contributed by atoms with Crippen molar-refractivity contribution in [3.63, 3.8) is 0 Å². The molecule has 0 saturated carbocycles. The Morgan fingerprint density at radius 3 is 2.83 bits per heavy atom. The number of nitrogens with zero attached hydrogens (tertiary/aromatic N) is 4. The van der Waals surface area contributed by atoms with E-state index < -0.39 is 0 Å². The summed E-state index contributed by atoms with van der Waals surface area (Å²) in [6.45, 7) is 5.14. The Bertz CT molecular complexity index is 584. The van der Waals surface area contributed by atoms with Gasteiger partial charge in [-0.2, -0.15) is 5.10 Å². The number of aryl methyl sites for hydroxylation is 1. The molecule has 3 heterocycles. The van der Waals surface area contributed by atoms with Crippen molar-refractivity contribution in [1.82, 2.24) is 15.2 Å². The third-order valence-electron chi connectivity index (χ3n) is 3.10.